The molecule has 5 rings (SSSR count). The lowest BCUT2D eigenvalue weighted by molar-refractivity contribution is -0.131. The summed E-state index contributed by atoms with van der Waals surface area (Å²) in [6.07, 6.45) is 6.30. The van der Waals surface area contributed by atoms with Gasteiger partial charge in [-0.05, 0) is 32.3 Å². The fraction of sp³-hybridized carbons (Fsp3) is 0.435. The van der Waals surface area contributed by atoms with Crippen molar-refractivity contribution in [1.29, 1.82) is 0 Å². The molecule has 1 saturated carbocycles. The topological polar surface area (TPSA) is 89.7 Å². The molecule has 0 radical (unpaired) electrons. The highest BCUT2D eigenvalue weighted by Gasteiger charge is 2.38. The highest BCUT2D eigenvalue weighted by molar-refractivity contribution is 5.93. The van der Waals surface area contributed by atoms with Crippen molar-refractivity contribution < 1.29 is 18.7 Å². The zero-order valence-electron chi connectivity index (χ0n) is 17.8. The molecule has 1 aliphatic heterocycles. The predicted octanol–water partition coefficient (Wildman–Crippen LogP) is 3.55. The van der Waals surface area contributed by atoms with Gasteiger partial charge in [-0.15, -0.1) is 0 Å². The van der Waals surface area contributed by atoms with Gasteiger partial charge in [0.1, 0.15) is 12.1 Å². The number of amides is 1. The van der Waals surface area contributed by atoms with Crippen LogP contribution in [0.15, 0.2) is 35.2 Å². The number of methoxy groups -OCH3 is 1. The lowest BCUT2D eigenvalue weighted by Gasteiger charge is -2.27. The Morgan fingerprint density at radius 3 is 3.00 bits per heavy atom. The average molecular weight is 422 g/mol. The number of anilines is 1. The molecule has 8 heteroatoms. The van der Waals surface area contributed by atoms with Crippen LogP contribution in [0.3, 0.4) is 0 Å². The molecule has 8 nitrogen and oxygen atoms in total. The van der Waals surface area contributed by atoms with E-state index in [1.54, 1.807) is 13.4 Å². The van der Waals surface area contributed by atoms with Gasteiger partial charge in [0.2, 0.25) is 11.6 Å². The van der Waals surface area contributed by atoms with Gasteiger partial charge < -0.3 is 24.1 Å². The number of rotatable bonds is 5. The Balaban J connectivity index is 1.40. The van der Waals surface area contributed by atoms with Crippen LogP contribution in [0, 0.1) is 0 Å². The minimum atomic E-state index is 0.0332. The van der Waals surface area contributed by atoms with Crippen LogP contribution < -0.4 is 14.8 Å². The molecule has 3 aromatic rings. The standard InChI is InChI=1S/C23H26N4O4/c1-23(7-8-23)26-21-19-16(13-31-22(19)25-14-24-21)11-18(28)27-9-4-10-30-20-15(12-27)5-3-6-17(20)29-2/h3,5-6,13-14H,4,7-12H2,1-2H3,(H,24,25,26). The highest BCUT2D eigenvalue weighted by Crippen LogP contribution is 2.40. The van der Waals surface area contributed by atoms with E-state index in [4.69, 9.17) is 13.9 Å². The van der Waals surface area contributed by atoms with Crippen LogP contribution in [0.4, 0.5) is 5.82 Å². The van der Waals surface area contributed by atoms with Gasteiger partial charge in [-0.2, -0.15) is 0 Å². The molecule has 0 saturated heterocycles. The fourth-order valence-corrected chi connectivity index (χ4v) is 3.97. The summed E-state index contributed by atoms with van der Waals surface area (Å²) in [7, 11) is 1.63. The molecule has 3 heterocycles. The van der Waals surface area contributed by atoms with E-state index in [-0.39, 0.29) is 17.9 Å². The van der Waals surface area contributed by atoms with Crippen LogP contribution in [0.5, 0.6) is 11.5 Å². The number of furan rings is 1. The van der Waals surface area contributed by atoms with Crippen molar-refractivity contribution in [1.82, 2.24) is 14.9 Å². The van der Waals surface area contributed by atoms with E-state index in [9.17, 15) is 4.79 Å². The number of ether oxygens (including phenoxy) is 2. The summed E-state index contributed by atoms with van der Waals surface area (Å²) in [4.78, 5) is 23.8. The number of nitrogens with one attached hydrogen (secondary N) is 1. The Morgan fingerprint density at radius 2 is 2.19 bits per heavy atom. The summed E-state index contributed by atoms with van der Waals surface area (Å²) in [6.45, 7) is 3.80. The van der Waals surface area contributed by atoms with Crippen molar-refractivity contribution in [3.63, 3.8) is 0 Å². The highest BCUT2D eigenvalue weighted by atomic mass is 16.5. The molecule has 1 fully saturated rings. The second kappa shape index (κ2) is 7.76. The van der Waals surface area contributed by atoms with Crippen molar-refractivity contribution in [2.24, 2.45) is 0 Å². The second-order valence-corrected chi connectivity index (χ2v) is 8.49. The largest absolute Gasteiger partial charge is 0.493 e. The van der Waals surface area contributed by atoms with Gasteiger partial charge >= 0.3 is 0 Å². The Morgan fingerprint density at radius 1 is 1.32 bits per heavy atom. The number of carbonyl (C=O) groups is 1. The quantitative estimate of drug-likeness (QED) is 0.672. The summed E-state index contributed by atoms with van der Waals surface area (Å²) < 4.78 is 17.0. The number of hydrogen-bond acceptors (Lipinski definition) is 7. The molecule has 2 aromatic heterocycles. The molecule has 1 amide bonds. The molecule has 1 aromatic carbocycles. The maximum absolute atomic E-state index is 13.3. The first-order valence-electron chi connectivity index (χ1n) is 10.6. The van der Waals surface area contributed by atoms with E-state index in [0.29, 0.717) is 36.9 Å². The number of nitrogens with zero attached hydrogens (tertiary/aromatic N) is 3. The van der Waals surface area contributed by atoms with Crippen LogP contribution in [0.25, 0.3) is 11.1 Å². The van der Waals surface area contributed by atoms with Gasteiger partial charge in [-0.25, -0.2) is 9.97 Å². The molecule has 0 atom stereocenters. The molecular weight excluding hydrogens is 396 g/mol. The van der Waals surface area contributed by atoms with Crippen molar-refractivity contribution >= 4 is 22.8 Å². The first-order chi connectivity index (χ1) is 15.1. The van der Waals surface area contributed by atoms with Gasteiger partial charge in [-0.3, -0.25) is 4.79 Å². The monoisotopic (exact) mass is 422 g/mol. The number of hydrogen-bond donors (Lipinski definition) is 1. The first-order valence-corrected chi connectivity index (χ1v) is 10.6. The van der Waals surface area contributed by atoms with Gasteiger partial charge in [0.15, 0.2) is 11.5 Å². The number of fused-ring (bicyclic) bond motifs is 2. The molecule has 2 aliphatic rings. The van der Waals surface area contributed by atoms with E-state index in [1.807, 2.05) is 23.1 Å². The maximum atomic E-state index is 13.3. The molecule has 0 spiro atoms. The Hall–Kier alpha value is -3.29. The fourth-order valence-electron chi connectivity index (χ4n) is 3.97. The van der Waals surface area contributed by atoms with Crippen LogP contribution in [0.1, 0.15) is 37.3 Å². The minimum absolute atomic E-state index is 0.0332. The van der Waals surface area contributed by atoms with Crippen LogP contribution in [0.2, 0.25) is 0 Å². The van der Waals surface area contributed by atoms with Crippen LogP contribution in [-0.4, -0.2) is 46.6 Å². The summed E-state index contributed by atoms with van der Waals surface area (Å²) >= 11 is 0. The zero-order chi connectivity index (χ0) is 21.4. The predicted molar refractivity (Wildman–Crippen MR) is 115 cm³/mol. The van der Waals surface area contributed by atoms with Crippen LogP contribution >= 0.6 is 0 Å². The van der Waals surface area contributed by atoms with Crippen molar-refractivity contribution in [3.05, 3.63) is 41.9 Å². The Labute approximate surface area is 180 Å². The van der Waals surface area contributed by atoms with Gasteiger partial charge in [0.25, 0.3) is 0 Å². The molecule has 1 N–H and O–H groups in total. The third-order valence-electron chi connectivity index (χ3n) is 6.02. The average Bonchev–Trinajstić information content (AvgIpc) is 3.33. The third kappa shape index (κ3) is 3.89. The van der Waals surface area contributed by atoms with E-state index in [0.717, 1.165) is 41.6 Å². The normalized spacial score (nSPS) is 17.3. The summed E-state index contributed by atoms with van der Waals surface area (Å²) in [5, 5.41) is 4.29. The molecule has 31 heavy (non-hydrogen) atoms. The van der Waals surface area contributed by atoms with Gasteiger partial charge in [-0.1, -0.05) is 12.1 Å². The molecule has 0 bridgehead atoms. The van der Waals surface area contributed by atoms with E-state index in [1.165, 1.54) is 6.33 Å². The van der Waals surface area contributed by atoms with Crippen molar-refractivity contribution in [2.75, 3.05) is 25.6 Å². The minimum Gasteiger partial charge on any atom is -0.493 e. The maximum Gasteiger partial charge on any atom is 0.231 e. The number of carbonyl (C=O) groups excluding carboxylic acids is 1. The third-order valence-corrected chi connectivity index (χ3v) is 6.02. The Kier molecular flexibility index (Phi) is 4.92. The summed E-state index contributed by atoms with van der Waals surface area (Å²) in [5.74, 6) is 2.17. The first kappa shape index (κ1) is 19.7. The number of aromatic nitrogens is 2. The van der Waals surface area contributed by atoms with Crippen molar-refractivity contribution in [2.45, 2.75) is 44.7 Å². The second-order valence-electron chi connectivity index (χ2n) is 8.49. The lowest BCUT2D eigenvalue weighted by Crippen LogP contribution is -2.34. The van der Waals surface area contributed by atoms with E-state index in [2.05, 4.69) is 22.2 Å². The smallest absolute Gasteiger partial charge is 0.231 e. The SMILES string of the molecule is COc1cccc2c1OCCCN(C(=O)Cc1coc3ncnc(NC4(C)CC4)c13)C2. The van der Waals surface area contributed by atoms with Crippen molar-refractivity contribution in [3.8, 4) is 11.5 Å². The molecular formula is C23H26N4O4. The van der Waals surface area contributed by atoms with E-state index < -0.39 is 0 Å². The summed E-state index contributed by atoms with van der Waals surface area (Å²) in [5.41, 5.74) is 2.31. The molecule has 162 valence electrons. The van der Waals surface area contributed by atoms with Gasteiger partial charge in [0, 0.05) is 29.8 Å². The zero-order valence-corrected chi connectivity index (χ0v) is 17.8. The van der Waals surface area contributed by atoms with Gasteiger partial charge in [0.05, 0.1) is 31.8 Å². The Bertz CT molecular complexity index is 1120. The number of para-hydroxylation sites is 1. The molecule has 0 unspecified atom stereocenters. The van der Waals surface area contributed by atoms with E-state index >= 15 is 0 Å². The number of benzene rings is 1. The summed E-state index contributed by atoms with van der Waals surface area (Å²) in [6, 6.07) is 5.77. The molecule has 1 aliphatic carbocycles. The lowest BCUT2D eigenvalue weighted by atomic mass is 10.1. The van der Waals surface area contributed by atoms with Crippen LogP contribution in [-0.2, 0) is 17.8 Å².